The highest BCUT2D eigenvalue weighted by atomic mass is 16.7. The van der Waals surface area contributed by atoms with Gasteiger partial charge in [-0.3, -0.25) is 4.79 Å². The standard InChI is InChI=1S/C20H24O11/c1-2-7-15-20(31-17(7)26)4-3-8-9(6-27-18(29-15)11(8)20)16(25)30-19-14(24)13(23)12(22)10(5-21)28-19/h3-4,6-8,10-15,18-19,21-24H,2,5H2,1H3/t7-,8+,10+,11+,12-,13-,14+,15-,18+,19+,20-/m0/s1. The van der Waals surface area contributed by atoms with E-state index in [4.69, 9.17) is 23.7 Å². The molecule has 0 saturated carbocycles. The van der Waals surface area contributed by atoms with Crippen molar-refractivity contribution in [2.75, 3.05) is 6.61 Å². The second-order valence-corrected chi connectivity index (χ2v) is 8.44. The van der Waals surface area contributed by atoms with Crippen molar-refractivity contribution in [3.05, 3.63) is 24.0 Å². The predicted octanol–water partition coefficient (Wildman–Crippen LogP) is -1.91. The fourth-order valence-corrected chi connectivity index (χ4v) is 5.25. The monoisotopic (exact) mass is 440 g/mol. The summed E-state index contributed by atoms with van der Waals surface area (Å²) >= 11 is 0. The van der Waals surface area contributed by atoms with E-state index in [1.54, 1.807) is 12.2 Å². The van der Waals surface area contributed by atoms with E-state index in [0.717, 1.165) is 0 Å². The van der Waals surface area contributed by atoms with Gasteiger partial charge < -0.3 is 44.1 Å². The molecule has 0 amide bonds. The molecule has 0 aromatic rings. The molecule has 1 spiro atoms. The Hall–Kier alpha value is -2.02. The molecule has 5 aliphatic rings. The molecule has 5 rings (SSSR count). The predicted molar refractivity (Wildman–Crippen MR) is 96.4 cm³/mol. The van der Waals surface area contributed by atoms with Gasteiger partial charge in [0.05, 0.1) is 30.3 Å². The van der Waals surface area contributed by atoms with E-state index < -0.39 is 79.0 Å². The fraction of sp³-hybridized carbons (Fsp3) is 0.700. The molecule has 11 atom stereocenters. The van der Waals surface area contributed by atoms with Gasteiger partial charge in [-0.25, -0.2) is 4.79 Å². The van der Waals surface area contributed by atoms with Crippen molar-refractivity contribution in [3.63, 3.8) is 0 Å². The van der Waals surface area contributed by atoms with Gasteiger partial charge in [-0.2, -0.15) is 0 Å². The minimum atomic E-state index is -1.72. The molecule has 3 saturated heterocycles. The Morgan fingerprint density at radius 3 is 2.68 bits per heavy atom. The zero-order valence-electron chi connectivity index (χ0n) is 16.6. The average Bonchev–Trinajstić information content (AvgIpc) is 3.36. The molecule has 0 radical (unpaired) electrons. The summed E-state index contributed by atoms with van der Waals surface area (Å²) in [6, 6.07) is 0. The highest BCUT2D eigenvalue weighted by Crippen LogP contribution is 2.58. The minimum absolute atomic E-state index is 0.103. The molecule has 0 bridgehead atoms. The maximum Gasteiger partial charge on any atom is 0.340 e. The highest BCUT2D eigenvalue weighted by Gasteiger charge is 2.71. The van der Waals surface area contributed by atoms with E-state index in [9.17, 15) is 30.0 Å². The minimum Gasteiger partial charge on any atom is -0.471 e. The zero-order chi connectivity index (χ0) is 22.1. The first-order valence-electron chi connectivity index (χ1n) is 10.3. The lowest BCUT2D eigenvalue weighted by Gasteiger charge is -2.39. The van der Waals surface area contributed by atoms with Gasteiger partial charge in [-0.1, -0.05) is 13.0 Å². The van der Waals surface area contributed by atoms with Gasteiger partial charge in [0.2, 0.25) is 12.6 Å². The van der Waals surface area contributed by atoms with Crippen LogP contribution in [-0.4, -0.2) is 87.7 Å². The molecule has 3 fully saturated rings. The van der Waals surface area contributed by atoms with Crippen molar-refractivity contribution < 1.29 is 53.7 Å². The Bertz CT molecular complexity index is 837. The van der Waals surface area contributed by atoms with E-state index >= 15 is 0 Å². The molecular weight excluding hydrogens is 416 g/mol. The van der Waals surface area contributed by atoms with E-state index in [1.165, 1.54) is 6.26 Å². The third-order valence-electron chi connectivity index (χ3n) is 6.87. The van der Waals surface area contributed by atoms with Crippen LogP contribution in [0.5, 0.6) is 0 Å². The lowest BCUT2D eigenvalue weighted by Crippen LogP contribution is -2.59. The molecule has 4 N–H and O–H groups in total. The van der Waals surface area contributed by atoms with Crippen LogP contribution in [0, 0.1) is 17.8 Å². The van der Waals surface area contributed by atoms with Gasteiger partial charge in [0.1, 0.15) is 30.5 Å². The summed E-state index contributed by atoms with van der Waals surface area (Å²) < 4.78 is 27.8. The summed E-state index contributed by atoms with van der Waals surface area (Å²) in [6.45, 7) is 1.22. The summed E-state index contributed by atoms with van der Waals surface area (Å²) in [5.74, 6) is -2.66. The smallest absolute Gasteiger partial charge is 0.340 e. The van der Waals surface area contributed by atoms with Gasteiger partial charge in [-0.05, 0) is 12.5 Å². The maximum atomic E-state index is 12.9. The summed E-state index contributed by atoms with van der Waals surface area (Å²) in [6.07, 6.45) is -3.74. The molecule has 31 heavy (non-hydrogen) atoms. The summed E-state index contributed by atoms with van der Waals surface area (Å²) in [5, 5.41) is 39.2. The lowest BCUT2D eigenvalue weighted by molar-refractivity contribution is -0.291. The van der Waals surface area contributed by atoms with E-state index in [0.29, 0.717) is 6.42 Å². The number of hydrogen-bond acceptors (Lipinski definition) is 11. The van der Waals surface area contributed by atoms with Crippen molar-refractivity contribution in [1.82, 2.24) is 0 Å². The summed E-state index contributed by atoms with van der Waals surface area (Å²) in [4.78, 5) is 25.2. The van der Waals surface area contributed by atoms with Crippen molar-refractivity contribution >= 4 is 11.9 Å². The van der Waals surface area contributed by atoms with Gasteiger partial charge in [0.15, 0.2) is 5.60 Å². The lowest BCUT2D eigenvalue weighted by atomic mass is 9.77. The van der Waals surface area contributed by atoms with Crippen molar-refractivity contribution in [1.29, 1.82) is 0 Å². The number of aliphatic hydroxyl groups excluding tert-OH is 4. The number of ether oxygens (including phenoxy) is 5. The highest BCUT2D eigenvalue weighted by molar-refractivity contribution is 5.90. The van der Waals surface area contributed by atoms with Crippen molar-refractivity contribution in [2.24, 2.45) is 17.8 Å². The molecule has 0 aromatic heterocycles. The van der Waals surface area contributed by atoms with Gasteiger partial charge in [-0.15, -0.1) is 0 Å². The topological polar surface area (TPSA) is 161 Å². The Morgan fingerprint density at radius 1 is 1.19 bits per heavy atom. The van der Waals surface area contributed by atoms with Gasteiger partial charge >= 0.3 is 11.9 Å². The number of allylic oxidation sites excluding steroid dienone is 1. The van der Waals surface area contributed by atoms with E-state index in [2.05, 4.69) is 0 Å². The third kappa shape index (κ3) is 2.81. The van der Waals surface area contributed by atoms with Crippen LogP contribution >= 0.6 is 0 Å². The van der Waals surface area contributed by atoms with Crippen LogP contribution in [0.1, 0.15) is 13.3 Å². The number of carbonyl (C=O) groups excluding carboxylic acids is 2. The third-order valence-corrected chi connectivity index (χ3v) is 6.87. The molecular formula is C20H24O11. The SMILES string of the molecule is CC[C@@H]1C(=O)O[C@]23C=C[C@@H]4C(C(=O)O[C@H]5O[C@H](CO)[C@H](O)[C@H](O)[C@H]5O)=CO[C@H](O[C@@H]12)[C@@H]43. The number of aliphatic hydroxyl groups is 4. The van der Waals surface area contributed by atoms with E-state index in [-0.39, 0.29) is 11.5 Å². The Labute approximate surface area is 176 Å². The maximum absolute atomic E-state index is 12.9. The molecule has 170 valence electrons. The number of rotatable bonds is 4. The zero-order valence-corrected chi connectivity index (χ0v) is 16.6. The molecule has 11 heteroatoms. The van der Waals surface area contributed by atoms with Crippen LogP contribution in [0.3, 0.4) is 0 Å². The Balaban J connectivity index is 1.35. The van der Waals surface area contributed by atoms with E-state index in [1.807, 2.05) is 6.92 Å². The van der Waals surface area contributed by atoms with Crippen LogP contribution in [-0.2, 0) is 33.3 Å². The average molecular weight is 440 g/mol. The molecule has 4 heterocycles. The molecule has 0 unspecified atom stereocenters. The largest absolute Gasteiger partial charge is 0.471 e. The molecule has 4 aliphatic heterocycles. The fourth-order valence-electron chi connectivity index (χ4n) is 5.25. The van der Waals surface area contributed by atoms with Gasteiger partial charge in [0, 0.05) is 5.92 Å². The van der Waals surface area contributed by atoms with Crippen molar-refractivity contribution in [2.45, 2.75) is 62.0 Å². The first kappa shape index (κ1) is 20.9. The first-order chi connectivity index (χ1) is 14.8. The van der Waals surface area contributed by atoms with Crippen LogP contribution < -0.4 is 0 Å². The Kier molecular flexibility index (Phi) is 4.88. The first-order valence-corrected chi connectivity index (χ1v) is 10.3. The normalized spacial score (nSPS) is 49.7. The van der Waals surface area contributed by atoms with Crippen LogP contribution in [0.25, 0.3) is 0 Å². The second kappa shape index (κ2) is 7.26. The molecule has 0 aromatic carbocycles. The summed E-state index contributed by atoms with van der Waals surface area (Å²) in [7, 11) is 0. The number of carbonyl (C=O) groups is 2. The number of esters is 2. The quantitative estimate of drug-likeness (QED) is 0.285. The van der Waals surface area contributed by atoms with Gasteiger partial charge in [0.25, 0.3) is 0 Å². The van der Waals surface area contributed by atoms with Crippen molar-refractivity contribution in [3.8, 4) is 0 Å². The van der Waals surface area contributed by atoms with Crippen LogP contribution in [0.2, 0.25) is 0 Å². The summed E-state index contributed by atoms with van der Waals surface area (Å²) in [5.41, 5.74) is -0.915. The molecule has 11 nitrogen and oxygen atoms in total. The Morgan fingerprint density at radius 2 is 1.97 bits per heavy atom. The number of hydrogen-bond donors (Lipinski definition) is 4. The van der Waals surface area contributed by atoms with Crippen LogP contribution in [0.4, 0.5) is 0 Å². The van der Waals surface area contributed by atoms with Crippen LogP contribution in [0.15, 0.2) is 24.0 Å². The second-order valence-electron chi connectivity index (χ2n) is 8.44. The molecule has 1 aliphatic carbocycles.